The first-order valence-electron chi connectivity index (χ1n) is 7.89. The molecule has 0 aromatic carbocycles. The summed E-state index contributed by atoms with van der Waals surface area (Å²) >= 11 is 0. The third-order valence-corrected chi connectivity index (χ3v) is 4.48. The van der Waals surface area contributed by atoms with Gasteiger partial charge in [-0.1, -0.05) is 0 Å². The minimum absolute atomic E-state index is 0.0691. The van der Waals surface area contributed by atoms with E-state index in [0.29, 0.717) is 18.7 Å². The Morgan fingerprint density at radius 1 is 1.27 bits per heavy atom. The van der Waals surface area contributed by atoms with Crippen molar-refractivity contribution in [1.29, 1.82) is 0 Å². The van der Waals surface area contributed by atoms with E-state index in [0.717, 1.165) is 38.0 Å². The summed E-state index contributed by atoms with van der Waals surface area (Å²) < 4.78 is 0. The number of aromatic nitrogens is 1. The molecule has 1 N–H and O–H groups in total. The van der Waals surface area contributed by atoms with E-state index in [9.17, 15) is 9.59 Å². The normalized spacial score (nSPS) is 22.0. The van der Waals surface area contributed by atoms with Gasteiger partial charge in [-0.25, -0.2) is 0 Å². The quantitative estimate of drug-likeness (QED) is 0.860. The Bertz CT molecular complexity index is 569. The van der Waals surface area contributed by atoms with Gasteiger partial charge in [-0.15, -0.1) is 0 Å². The Morgan fingerprint density at radius 3 is 2.77 bits per heavy atom. The summed E-state index contributed by atoms with van der Waals surface area (Å²) in [4.78, 5) is 33.2. The van der Waals surface area contributed by atoms with Crippen LogP contribution in [0.4, 0.5) is 0 Å². The lowest BCUT2D eigenvalue weighted by molar-refractivity contribution is -0.135. The van der Waals surface area contributed by atoms with Crippen LogP contribution in [0, 0.1) is 6.92 Å². The number of aryl methyl sites for hydroxylation is 1. The van der Waals surface area contributed by atoms with Gasteiger partial charge in [0, 0.05) is 45.1 Å². The third-order valence-electron chi connectivity index (χ3n) is 4.48. The van der Waals surface area contributed by atoms with Crippen molar-refractivity contribution in [3.63, 3.8) is 0 Å². The van der Waals surface area contributed by atoms with E-state index in [1.807, 2.05) is 17.9 Å². The molecule has 1 aromatic rings. The number of likely N-dealkylation sites (tertiary alicyclic amines) is 1. The van der Waals surface area contributed by atoms with Gasteiger partial charge in [0.25, 0.3) is 5.91 Å². The molecule has 6 heteroatoms. The molecule has 0 radical (unpaired) electrons. The summed E-state index contributed by atoms with van der Waals surface area (Å²) in [5.41, 5.74) is 1.48. The number of carbonyl (C=O) groups excluding carboxylic acids is 2. The largest absolute Gasteiger partial charge is 0.341 e. The van der Waals surface area contributed by atoms with Crippen molar-refractivity contribution in [3.8, 4) is 0 Å². The molecule has 2 amide bonds. The second-order valence-electron chi connectivity index (χ2n) is 5.94. The van der Waals surface area contributed by atoms with E-state index in [2.05, 4.69) is 10.3 Å². The standard InChI is InChI=1S/C16H22N4O2/c1-12-4-5-17-10-13(12)15(21)20-9-6-18-11-14(20)16(22)19-7-2-3-8-19/h4-5,10,14,18H,2-3,6-9,11H2,1H3/t14-/m1/s1. The van der Waals surface area contributed by atoms with Gasteiger partial charge in [-0.2, -0.15) is 0 Å². The molecular formula is C16H22N4O2. The number of nitrogens with one attached hydrogen (secondary N) is 1. The molecule has 2 fully saturated rings. The van der Waals surface area contributed by atoms with Gasteiger partial charge in [0.2, 0.25) is 5.91 Å². The highest BCUT2D eigenvalue weighted by atomic mass is 16.2. The lowest BCUT2D eigenvalue weighted by atomic mass is 10.1. The molecule has 0 unspecified atom stereocenters. The fraction of sp³-hybridized carbons (Fsp3) is 0.562. The van der Waals surface area contributed by atoms with Crippen molar-refractivity contribution in [3.05, 3.63) is 29.6 Å². The van der Waals surface area contributed by atoms with Gasteiger partial charge in [0.05, 0.1) is 5.56 Å². The molecule has 0 saturated carbocycles. The molecule has 3 rings (SSSR count). The molecule has 3 heterocycles. The molecule has 2 aliphatic rings. The van der Waals surface area contributed by atoms with Crippen LogP contribution in [-0.2, 0) is 4.79 Å². The lowest BCUT2D eigenvalue weighted by Crippen LogP contribution is -2.60. The molecule has 0 aliphatic carbocycles. The Morgan fingerprint density at radius 2 is 2.05 bits per heavy atom. The molecule has 0 bridgehead atoms. The number of pyridine rings is 1. The SMILES string of the molecule is Cc1ccncc1C(=O)N1CCNC[C@@H]1C(=O)N1CCCC1. The number of hydrogen-bond acceptors (Lipinski definition) is 4. The number of rotatable bonds is 2. The molecule has 2 aliphatic heterocycles. The van der Waals surface area contributed by atoms with Gasteiger partial charge >= 0.3 is 0 Å². The summed E-state index contributed by atoms with van der Waals surface area (Å²) in [7, 11) is 0. The topological polar surface area (TPSA) is 65.5 Å². The highest BCUT2D eigenvalue weighted by molar-refractivity contribution is 5.98. The molecule has 118 valence electrons. The number of nitrogens with zero attached hydrogens (tertiary/aromatic N) is 3. The van der Waals surface area contributed by atoms with Crippen molar-refractivity contribution in [2.75, 3.05) is 32.7 Å². The van der Waals surface area contributed by atoms with Gasteiger partial charge < -0.3 is 15.1 Å². The van der Waals surface area contributed by atoms with Gasteiger partial charge in [-0.05, 0) is 31.4 Å². The van der Waals surface area contributed by atoms with E-state index < -0.39 is 6.04 Å². The number of hydrogen-bond donors (Lipinski definition) is 1. The maximum Gasteiger partial charge on any atom is 0.256 e. The smallest absolute Gasteiger partial charge is 0.256 e. The molecule has 6 nitrogen and oxygen atoms in total. The average Bonchev–Trinajstić information content (AvgIpc) is 3.08. The van der Waals surface area contributed by atoms with Crippen LogP contribution < -0.4 is 5.32 Å². The number of piperazine rings is 1. The van der Waals surface area contributed by atoms with Crippen molar-refractivity contribution in [1.82, 2.24) is 20.1 Å². The van der Waals surface area contributed by atoms with E-state index in [4.69, 9.17) is 0 Å². The highest BCUT2D eigenvalue weighted by Gasteiger charge is 2.36. The van der Waals surface area contributed by atoms with E-state index in [1.54, 1.807) is 17.3 Å². The van der Waals surface area contributed by atoms with E-state index in [-0.39, 0.29) is 11.8 Å². The van der Waals surface area contributed by atoms with Crippen LogP contribution in [0.15, 0.2) is 18.5 Å². The van der Waals surface area contributed by atoms with Crippen LogP contribution in [0.5, 0.6) is 0 Å². The molecule has 1 atom stereocenters. The molecular weight excluding hydrogens is 280 g/mol. The van der Waals surface area contributed by atoms with Crippen LogP contribution in [0.1, 0.15) is 28.8 Å². The highest BCUT2D eigenvalue weighted by Crippen LogP contribution is 2.17. The minimum Gasteiger partial charge on any atom is -0.341 e. The predicted octanol–water partition coefficient (Wildman–Crippen LogP) is 0.426. The average molecular weight is 302 g/mol. The van der Waals surface area contributed by atoms with Crippen LogP contribution in [0.2, 0.25) is 0 Å². The van der Waals surface area contributed by atoms with Crippen LogP contribution in [-0.4, -0.2) is 65.4 Å². The first-order chi connectivity index (χ1) is 10.7. The van der Waals surface area contributed by atoms with Crippen molar-refractivity contribution >= 4 is 11.8 Å². The lowest BCUT2D eigenvalue weighted by Gasteiger charge is -2.37. The Kier molecular flexibility index (Phi) is 4.38. The summed E-state index contributed by atoms with van der Waals surface area (Å²) in [5.74, 6) is -0.0239. The van der Waals surface area contributed by atoms with Gasteiger partial charge in [0.1, 0.15) is 6.04 Å². The van der Waals surface area contributed by atoms with Crippen LogP contribution in [0.3, 0.4) is 0 Å². The summed E-state index contributed by atoms with van der Waals surface area (Å²) in [5, 5.41) is 3.23. The van der Waals surface area contributed by atoms with Crippen molar-refractivity contribution < 1.29 is 9.59 Å². The van der Waals surface area contributed by atoms with E-state index in [1.165, 1.54) is 0 Å². The Hall–Kier alpha value is -1.95. The maximum absolute atomic E-state index is 12.8. The van der Waals surface area contributed by atoms with Crippen molar-refractivity contribution in [2.45, 2.75) is 25.8 Å². The van der Waals surface area contributed by atoms with Gasteiger partial charge in [-0.3, -0.25) is 14.6 Å². The van der Waals surface area contributed by atoms with Crippen LogP contribution >= 0.6 is 0 Å². The Labute approximate surface area is 130 Å². The zero-order valence-corrected chi connectivity index (χ0v) is 12.9. The summed E-state index contributed by atoms with van der Waals surface area (Å²) in [6.07, 6.45) is 5.39. The van der Waals surface area contributed by atoms with Gasteiger partial charge in [0.15, 0.2) is 0 Å². The summed E-state index contributed by atoms with van der Waals surface area (Å²) in [6, 6.07) is 1.42. The van der Waals surface area contributed by atoms with Crippen LogP contribution in [0.25, 0.3) is 0 Å². The fourth-order valence-corrected chi connectivity index (χ4v) is 3.16. The fourth-order valence-electron chi connectivity index (χ4n) is 3.16. The zero-order valence-electron chi connectivity index (χ0n) is 12.9. The molecule has 22 heavy (non-hydrogen) atoms. The second-order valence-corrected chi connectivity index (χ2v) is 5.94. The minimum atomic E-state index is -0.404. The van der Waals surface area contributed by atoms with Crippen molar-refractivity contribution in [2.24, 2.45) is 0 Å². The predicted molar refractivity (Wildman–Crippen MR) is 82.5 cm³/mol. The van der Waals surface area contributed by atoms with E-state index >= 15 is 0 Å². The third kappa shape index (κ3) is 2.83. The first-order valence-corrected chi connectivity index (χ1v) is 7.89. The number of carbonyl (C=O) groups is 2. The molecule has 2 saturated heterocycles. The second kappa shape index (κ2) is 6.44. The monoisotopic (exact) mass is 302 g/mol. The number of amides is 2. The Balaban J connectivity index is 1.81. The maximum atomic E-state index is 12.8. The first kappa shape index (κ1) is 15.0. The molecule has 0 spiro atoms. The summed E-state index contributed by atoms with van der Waals surface area (Å²) in [6.45, 7) is 5.31. The molecule has 1 aromatic heterocycles. The zero-order chi connectivity index (χ0) is 15.5.